The second-order valence-electron chi connectivity index (χ2n) is 3.81. The van der Waals surface area contributed by atoms with Gasteiger partial charge in [0.1, 0.15) is 0 Å². The third kappa shape index (κ3) is 8.43. The lowest BCUT2D eigenvalue weighted by Gasteiger charge is -2.09. The predicted molar refractivity (Wildman–Crippen MR) is 60.8 cm³/mol. The van der Waals surface area contributed by atoms with E-state index in [1.807, 2.05) is 0 Å². The lowest BCUT2D eigenvalue weighted by molar-refractivity contribution is -0.154. The van der Waals surface area contributed by atoms with E-state index in [4.69, 9.17) is 9.47 Å². The minimum Gasteiger partial charge on any atom is -0.464 e. The van der Waals surface area contributed by atoms with Crippen molar-refractivity contribution in [2.24, 2.45) is 0 Å². The van der Waals surface area contributed by atoms with Crippen molar-refractivity contribution in [3.05, 3.63) is 0 Å². The van der Waals surface area contributed by atoms with Crippen LogP contribution in [0.4, 0.5) is 0 Å². The van der Waals surface area contributed by atoms with Crippen molar-refractivity contribution >= 4 is 5.97 Å². The summed E-state index contributed by atoms with van der Waals surface area (Å²) in [5, 5.41) is 0. The molecule has 0 heterocycles. The highest BCUT2D eigenvalue weighted by Crippen LogP contribution is 2.05. The number of hydrogen-bond acceptors (Lipinski definition) is 3. The van der Waals surface area contributed by atoms with Crippen molar-refractivity contribution in [3.8, 4) is 0 Å². The average Bonchev–Trinajstić information content (AvgIpc) is 2.26. The summed E-state index contributed by atoms with van der Waals surface area (Å²) < 4.78 is 9.88. The molecule has 0 radical (unpaired) electrons. The van der Waals surface area contributed by atoms with E-state index in [-0.39, 0.29) is 5.97 Å². The number of carbonyl (C=O) groups is 1. The normalized spacial score (nSPS) is 12.5. The highest BCUT2D eigenvalue weighted by molar-refractivity contribution is 5.74. The first kappa shape index (κ1) is 14.4. The van der Waals surface area contributed by atoms with Gasteiger partial charge in [-0.05, 0) is 13.3 Å². The zero-order valence-corrected chi connectivity index (χ0v) is 10.3. The maximum atomic E-state index is 11.2. The standard InChI is InChI=1S/C12H24O3/c1-4-5-6-7-8-9-10-15-12(13)11(2)14-3/h11H,4-10H2,1-3H3. The number of methoxy groups -OCH3 is 1. The maximum Gasteiger partial charge on any atom is 0.334 e. The topological polar surface area (TPSA) is 35.5 Å². The fourth-order valence-electron chi connectivity index (χ4n) is 1.27. The van der Waals surface area contributed by atoms with Crippen molar-refractivity contribution in [3.63, 3.8) is 0 Å². The quantitative estimate of drug-likeness (QED) is 0.439. The molecule has 0 aliphatic heterocycles. The Labute approximate surface area is 93.1 Å². The van der Waals surface area contributed by atoms with Crippen molar-refractivity contribution < 1.29 is 14.3 Å². The maximum absolute atomic E-state index is 11.2. The van der Waals surface area contributed by atoms with Gasteiger partial charge in [-0.3, -0.25) is 0 Å². The van der Waals surface area contributed by atoms with Crippen LogP contribution in [0.25, 0.3) is 0 Å². The van der Waals surface area contributed by atoms with E-state index < -0.39 is 6.10 Å². The van der Waals surface area contributed by atoms with E-state index in [1.54, 1.807) is 6.92 Å². The molecule has 0 aliphatic rings. The first-order valence-corrected chi connectivity index (χ1v) is 5.91. The molecule has 0 aliphatic carbocycles. The van der Waals surface area contributed by atoms with Gasteiger partial charge in [-0.1, -0.05) is 39.0 Å². The molecule has 0 fully saturated rings. The van der Waals surface area contributed by atoms with Gasteiger partial charge < -0.3 is 9.47 Å². The summed E-state index contributed by atoms with van der Waals surface area (Å²) in [7, 11) is 1.51. The van der Waals surface area contributed by atoms with E-state index in [0.717, 1.165) is 12.8 Å². The molecule has 0 aromatic carbocycles. The van der Waals surface area contributed by atoms with Crippen molar-refractivity contribution in [2.75, 3.05) is 13.7 Å². The number of rotatable bonds is 9. The molecule has 15 heavy (non-hydrogen) atoms. The molecule has 0 saturated heterocycles. The molecular weight excluding hydrogens is 192 g/mol. The molecule has 90 valence electrons. The van der Waals surface area contributed by atoms with Gasteiger partial charge >= 0.3 is 5.97 Å². The number of ether oxygens (including phenoxy) is 2. The summed E-state index contributed by atoms with van der Waals surface area (Å²) >= 11 is 0. The minimum atomic E-state index is -0.440. The largest absolute Gasteiger partial charge is 0.464 e. The van der Waals surface area contributed by atoms with Crippen LogP contribution in [0.5, 0.6) is 0 Å². The molecule has 0 aromatic heterocycles. The van der Waals surface area contributed by atoms with Crippen molar-refractivity contribution in [2.45, 2.75) is 58.5 Å². The third-order valence-corrected chi connectivity index (χ3v) is 2.43. The van der Waals surface area contributed by atoms with Gasteiger partial charge in [0.2, 0.25) is 0 Å². The van der Waals surface area contributed by atoms with Gasteiger partial charge in [0, 0.05) is 7.11 Å². The van der Waals surface area contributed by atoms with Crippen LogP contribution < -0.4 is 0 Å². The fourth-order valence-corrected chi connectivity index (χ4v) is 1.27. The number of hydrogen-bond donors (Lipinski definition) is 0. The second-order valence-corrected chi connectivity index (χ2v) is 3.81. The average molecular weight is 216 g/mol. The van der Waals surface area contributed by atoms with Gasteiger partial charge in [0.25, 0.3) is 0 Å². The van der Waals surface area contributed by atoms with Crippen LogP contribution >= 0.6 is 0 Å². The Balaban J connectivity index is 3.20. The fraction of sp³-hybridized carbons (Fsp3) is 0.917. The first-order chi connectivity index (χ1) is 7.22. The van der Waals surface area contributed by atoms with Crippen LogP contribution in [-0.4, -0.2) is 25.8 Å². The number of carbonyl (C=O) groups excluding carboxylic acids is 1. The van der Waals surface area contributed by atoms with E-state index in [9.17, 15) is 4.79 Å². The van der Waals surface area contributed by atoms with Crippen LogP contribution in [-0.2, 0) is 14.3 Å². The Kier molecular flexibility index (Phi) is 9.59. The Morgan fingerprint density at radius 3 is 2.33 bits per heavy atom. The molecule has 0 bridgehead atoms. The number of unbranched alkanes of at least 4 members (excludes halogenated alkanes) is 5. The molecule has 3 nitrogen and oxygen atoms in total. The van der Waals surface area contributed by atoms with Crippen LogP contribution in [0.15, 0.2) is 0 Å². The van der Waals surface area contributed by atoms with Crippen molar-refractivity contribution in [1.82, 2.24) is 0 Å². The van der Waals surface area contributed by atoms with E-state index in [0.29, 0.717) is 6.61 Å². The Morgan fingerprint density at radius 2 is 1.73 bits per heavy atom. The highest BCUT2D eigenvalue weighted by Gasteiger charge is 2.11. The molecule has 0 N–H and O–H groups in total. The minimum absolute atomic E-state index is 0.258. The molecule has 0 rings (SSSR count). The van der Waals surface area contributed by atoms with Gasteiger partial charge in [-0.25, -0.2) is 4.79 Å². The van der Waals surface area contributed by atoms with Gasteiger partial charge in [0.05, 0.1) is 6.61 Å². The zero-order chi connectivity index (χ0) is 11.5. The van der Waals surface area contributed by atoms with E-state index >= 15 is 0 Å². The van der Waals surface area contributed by atoms with Crippen LogP contribution in [0.3, 0.4) is 0 Å². The SMILES string of the molecule is CCCCCCCCOC(=O)C(C)OC. The summed E-state index contributed by atoms with van der Waals surface area (Å²) in [6.45, 7) is 4.43. The third-order valence-electron chi connectivity index (χ3n) is 2.43. The molecule has 0 aromatic rings. The summed E-state index contributed by atoms with van der Waals surface area (Å²) in [6.07, 6.45) is 6.77. The molecule has 0 saturated carbocycles. The summed E-state index contributed by atoms with van der Waals surface area (Å²) in [5.41, 5.74) is 0. The predicted octanol–water partition coefficient (Wildman–Crippen LogP) is 2.93. The molecule has 0 spiro atoms. The van der Waals surface area contributed by atoms with Gasteiger partial charge in [-0.2, -0.15) is 0 Å². The van der Waals surface area contributed by atoms with Gasteiger partial charge in [-0.15, -0.1) is 0 Å². The smallest absolute Gasteiger partial charge is 0.334 e. The number of esters is 1. The monoisotopic (exact) mass is 216 g/mol. The summed E-state index contributed by atoms with van der Waals surface area (Å²) in [4.78, 5) is 11.2. The Morgan fingerprint density at radius 1 is 1.13 bits per heavy atom. The summed E-state index contributed by atoms with van der Waals surface area (Å²) in [6, 6.07) is 0. The summed E-state index contributed by atoms with van der Waals surface area (Å²) in [5.74, 6) is -0.258. The Bertz CT molecular complexity index is 157. The van der Waals surface area contributed by atoms with Crippen molar-refractivity contribution in [1.29, 1.82) is 0 Å². The lowest BCUT2D eigenvalue weighted by Crippen LogP contribution is -2.22. The first-order valence-electron chi connectivity index (χ1n) is 5.91. The van der Waals surface area contributed by atoms with E-state index in [2.05, 4.69) is 6.92 Å². The molecule has 3 heteroatoms. The molecule has 1 unspecified atom stereocenters. The van der Waals surface area contributed by atoms with Crippen LogP contribution in [0.1, 0.15) is 52.4 Å². The molecule has 1 atom stereocenters. The van der Waals surface area contributed by atoms with Gasteiger partial charge in [0.15, 0.2) is 6.10 Å². The second kappa shape index (κ2) is 9.97. The molecular formula is C12H24O3. The Hall–Kier alpha value is -0.570. The van der Waals surface area contributed by atoms with Crippen LogP contribution in [0, 0.1) is 0 Å². The lowest BCUT2D eigenvalue weighted by atomic mass is 10.1. The van der Waals surface area contributed by atoms with E-state index in [1.165, 1.54) is 32.8 Å². The zero-order valence-electron chi connectivity index (χ0n) is 10.3. The molecule has 0 amide bonds. The van der Waals surface area contributed by atoms with Crippen LogP contribution in [0.2, 0.25) is 0 Å². The highest BCUT2D eigenvalue weighted by atomic mass is 16.6.